The first-order valence-electron chi connectivity index (χ1n) is 12.3. The molecule has 4 aromatic rings. The monoisotopic (exact) mass is 589 g/mol. The minimum atomic E-state index is -4.67. The summed E-state index contributed by atoms with van der Waals surface area (Å²) >= 11 is 0. The molecule has 0 aliphatic carbocycles. The van der Waals surface area contributed by atoms with Gasteiger partial charge in [0.05, 0.1) is 17.5 Å². The normalized spacial score (nSPS) is 12.4. The fraction of sp³-hybridized carbons (Fsp3) is 0.250. The van der Waals surface area contributed by atoms with Crippen LogP contribution in [0.5, 0.6) is 5.88 Å². The fourth-order valence-corrected chi connectivity index (χ4v) is 5.76. The summed E-state index contributed by atoms with van der Waals surface area (Å²) in [6, 6.07) is 9.39. The summed E-state index contributed by atoms with van der Waals surface area (Å²) in [6.07, 6.45) is 0. The second kappa shape index (κ2) is 12.2. The quantitative estimate of drug-likeness (QED) is 0.271. The van der Waals surface area contributed by atoms with E-state index in [2.05, 4.69) is 9.97 Å². The number of benzene rings is 2. The van der Waals surface area contributed by atoms with E-state index in [4.69, 9.17) is 9.47 Å². The molecule has 41 heavy (non-hydrogen) atoms. The number of hydrogen-bond donors (Lipinski definition) is 1. The summed E-state index contributed by atoms with van der Waals surface area (Å²) in [5.74, 6) is -3.76. The number of nitrogens with zero attached hydrogens (tertiary/aromatic N) is 3. The van der Waals surface area contributed by atoms with Gasteiger partial charge in [0.25, 0.3) is 5.56 Å². The topological polar surface area (TPSA) is 121 Å². The van der Waals surface area contributed by atoms with Crippen LogP contribution in [0, 0.1) is 24.5 Å². The Hall–Kier alpha value is -4.07. The predicted molar refractivity (Wildman–Crippen MR) is 142 cm³/mol. The number of methoxy groups -OCH3 is 1. The fourth-order valence-electron chi connectivity index (χ4n) is 4.41. The van der Waals surface area contributed by atoms with Gasteiger partial charge in [0, 0.05) is 31.0 Å². The van der Waals surface area contributed by atoms with Gasteiger partial charge in [0.1, 0.15) is 24.1 Å². The van der Waals surface area contributed by atoms with Crippen molar-refractivity contribution in [3.63, 3.8) is 0 Å². The first kappa shape index (κ1) is 29.9. The Morgan fingerprint density at radius 1 is 1.00 bits per heavy atom. The summed E-state index contributed by atoms with van der Waals surface area (Å²) in [5.41, 5.74) is 0.253. The van der Waals surface area contributed by atoms with Crippen LogP contribution < -0.4 is 5.56 Å². The molecule has 2 aromatic carbocycles. The molecule has 13 heteroatoms. The summed E-state index contributed by atoms with van der Waals surface area (Å²) in [5, 5.41) is 10.7. The van der Waals surface area contributed by atoms with Crippen molar-refractivity contribution < 1.29 is 36.2 Å². The van der Waals surface area contributed by atoms with Crippen LogP contribution in [-0.2, 0) is 25.9 Å². The van der Waals surface area contributed by atoms with Gasteiger partial charge in [-0.1, -0.05) is 12.1 Å². The number of halogens is 3. The van der Waals surface area contributed by atoms with E-state index >= 15 is 0 Å². The van der Waals surface area contributed by atoms with Gasteiger partial charge in [0.2, 0.25) is 21.7 Å². The van der Waals surface area contributed by atoms with Crippen molar-refractivity contribution in [1.29, 1.82) is 0 Å². The van der Waals surface area contributed by atoms with Gasteiger partial charge in [-0.15, -0.1) is 0 Å². The zero-order valence-electron chi connectivity index (χ0n) is 22.3. The van der Waals surface area contributed by atoms with Gasteiger partial charge in [-0.2, -0.15) is 9.37 Å². The molecule has 0 saturated heterocycles. The molecule has 0 amide bonds. The minimum absolute atomic E-state index is 0.0346. The Morgan fingerprint density at radius 2 is 1.66 bits per heavy atom. The molecular formula is C28H26F3N3O6S. The average Bonchev–Trinajstić information content (AvgIpc) is 2.90. The van der Waals surface area contributed by atoms with Gasteiger partial charge in [0.15, 0.2) is 4.90 Å². The number of rotatable bonds is 10. The van der Waals surface area contributed by atoms with Crippen molar-refractivity contribution in [2.24, 2.45) is 0 Å². The van der Waals surface area contributed by atoms with Crippen molar-refractivity contribution in [2.45, 2.75) is 36.3 Å². The van der Waals surface area contributed by atoms with Crippen LogP contribution in [0.3, 0.4) is 0 Å². The van der Waals surface area contributed by atoms with Crippen LogP contribution in [0.15, 0.2) is 69.2 Å². The first-order valence-corrected chi connectivity index (χ1v) is 13.8. The molecule has 4 rings (SSSR count). The van der Waals surface area contributed by atoms with Crippen LogP contribution in [0.1, 0.15) is 30.0 Å². The smallest absolute Gasteiger partial charge is 0.277 e. The predicted octanol–water partition coefficient (Wildman–Crippen LogP) is 4.34. The van der Waals surface area contributed by atoms with Crippen molar-refractivity contribution in [3.8, 4) is 17.0 Å². The lowest BCUT2D eigenvalue weighted by Gasteiger charge is -2.24. The Balaban J connectivity index is 1.89. The van der Waals surface area contributed by atoms with E-state index in [0.29, 0.717) is 22.9 Å². The maximum absolute atomic E-state index is 14.1. The standard InChI is InChI=1S/C28H26F3N3O6S/c1-4-40-15-25-33-27(35)26(28(36)34(25)23(14-39-3)18-11-19(29)13-20(30)12-18)41(37,38)21-7-5-17(6-8-21)22-9-10-24(31)32-16(22)2/h5-13,23,35H,4,14-15H2,1-3H3. The van der Waals surface area contributed by atoms with E-state index in [9.17, 15) is 31.5 Å². The van der Waals surface area contributed by atoms with Crippen molar-refractivity contribution in [3.05, 3.63) is 99.6 Å². The van der Waals surface area contributed by atoms with E-state index in [-0.39, 0.29) is 36.1 Å². The molecule has 1 atom stereocenters. The molecule has 2 aromatic heterocycles. The third-order valence-electron chi connectivity index (χ3n) is 6.27. The first-order chi connectivity index (χ1) is 19.5. The highest BCUT2D eigenvalue weighted by Gasteiger charge is 2.32. The molecule has 2 heterocycles. The molecule has 1 unspecified atom stereocenters. The van der Waals surface area contributed by atoms with E-state index in [0.717, 1.165) is 16.7 Å². The Labute approximate surface area is 233 Å². The molecule has 0 fully saturated rings. The number of ether oxygens (including phenoxy) is 2. The van der Waals surface area contributed by atoms with E-state index < -0.39 is 49.8 Å². The highest BCUT2D eigenvalue weighted by molar-refractivity contribution is 7.91. The second-order valence-electron chi connectivity index (χ2n) is 8.96. The summed E-state index contributed by atoms with van der Waals surface area (Å²) in [7, 11) is -3.38. The van der Waals surface area contributed by atoms with Crippen LogP contribution in [0.2, 0.25) is 0 Å². The summed E-state index contributed by atoms with van der Waals surface area (Å²) in [6.45, 7) is 2.84. The zero-order valence-corrected chi connectivity index (χ0v) is 23.1. The second-order valence-corrected chi connectivity index (χ2v) is 10.8. The molecule has 9 nitrogen and oxygen atoms in total. The highest BCUT2D eigenvalue weighted by Crippen LogP contribution is 2.30. The van der Waals surface area contributed by atoms with Crippen LogP contribution in [0.4, 0.5) is 13.2 Å². The lowest BCUT2D eigenvalue weighted by Crippen LogP contribution is -2.35. The lowest BCUT2D eigenvalue weighted by molar-refractivity contribution is 0.116. The van der Waals surface area contributed by atoms with Gasteiger partial charge in [-0.3, -0.25) is 9.36 Å². The van der Waals surface area contributed by atoms with Crippen molar-refractivity contribution in [2.75, 3.05) is 20.3 Å². The van der Waals surface area contributed by atoms with Crippen molar-refractivity contribution >= 4 is 9.84 Å². The molecule has 0 aliphatic heterocycles. The zero-order chi connectivity index (χ0) is 29.9. The lowest BCUT2D eigenvalue weighted by atomic mass is 10.1. The average molecular weight is 590 g/mol. The number of pyridine rings is 1. The molecule has 1 N–H and O–H groups in total. The summed E-state index contributed by atoms with van der Waals surface area (Å²) in [4.78, 5) is 20.2. The van der Waals surface area contributed by atoms with Crippen LogP contribution >= 0.6 is 0 Å². The number of hydrogen-bond acceptors (Lipinski definition) is 8. The molecule has 0 radical (unpaired) electrons. The van der Waals surface area contributed by atoms with Gasteiger partial charge in [-0.25, -0.2) is 22.2 Å². The van der Waals surface area contributed by atoms with E-state index in [1.165, 1.54) is 43.5 Å². The minimum Gasteiger partial charge on any atom is -0.492 e. The van der Waals surface area contributed by atoms with Crippen molar-refractivity contribution in [1.82, 2.24) is 14.5 Å². The molecule has 0 spiro atoms. The number of aromatic hydroxyl groups is 1. The maximum Gasteiger partial charge on any atom is 0.277 e. The highest BCUT2D eigenvalue weighted by atomic mass is 32.2. The van der Waals surface area contributed by atoms with Gasteiger partial charge >= 0.3 is 0 Å². The number of sulfone groups is 1. The van der Waals surface area contributed by atoms with Crippen LogP contribution in [0.25, 0.3) is 11.1 Å². The Kier molecular flexibility index (Phi) is 8.90. The largest absolute Gasteiger partial charge is 0.492 e. The van der Waals surface area contributed by atoms with Crippen LogP contribution in [-0.4, -0.2) is 48.4 Å². The molecular weight excluding hydrogens is 563 g/mol. The Morgan fingerprint density at radius 3 is 2.24 bits per heavy atom. The Bertz CT molecular complexity index is 1720. The third-order valence-corrected chi connectivity index (χ3v) is 8.05. The third kappa shape index (κ3) is 6.16. The molecule has 216 valence electrons. The number of aryl methyl sites for hydroxylation is 1. The van der Waals surface area contributed by atoms with E-state index in [1.807, 2.05) is 0 Å². The molecule has 0 saturated carbocycles. The number of aromatic nitrogens is 3. The SMILES string of the molecule is CCOCc1nc(O)c(S(=O)(=O)c2ccc(-c3ccc(F)nc3C)cc2)c(=O)n1C(COC)c1cc(F)cc(F)c1. The van der Waals surface area contributed by atoms with Gasteiger partial charge in [-0.05, 0) is 61.4 Å². The van der Waals surface area contributed by atoms with Gasteiger partial charge < -0.3 is 14.6 Å². The summed E-state index contributed by atoms with van der Waals surface area (Å²) < 4.78 is 80.5. The van der Waals surface area contributed by atoms with E-state index in [1.54, 1.807) is 13.8 Å². The molecule has 0 bridgehead atoms. The maximum atomic E-state index is 14.1. The molecule has 0 aliphatic rings.